The predicted octanol–water partition coefficient (Wildman–Crippen LogP) is 3.37. The molecule has 0 aromatic rings. The molecule has 16 heavy (non-hydrogen) atoms. The molecule has 0 aromatic heterocycles. The highest BCUT2D eigenvalue weighted by atomic mass is 28.3. The van der Waals surface area contributed by atoms with Crippen LogP contribution in [-0.2, 0) is 0 Å². The van der Waals surface area contributed by atoms with Gasteiger partial charge >= 0.3 is 0 Å². The smallest absolute Gasteiger partial charge is 0.0832 e. The van der Waals surface area contributed by atoms with Gasteiger partial charge in [-0.2, -0.15) is 0 Å². The van der Waals surface area contributed by atoms with Crippen molar-refractivity contribution in [3.63, 3.8) is 0 Å². The fraction of sp³-hybridized carbons (Fsp3) is 0.429. The lowest BCUT2D eigenvalue weighted by molar-refractivity contribution is 0.316. The highest BCUT2D eigenvalue weighted by molar-refractivity contribution is 6.85. The molecule has 0 saturated carbocycles. The molecule has 0 unspecified atom stereocenters. The molecule has 0 fully saturated rings. The topological polar surface area (TPSA) is 20.2 Å². The first kappa shape index (κ1) is 11.6. The Hall–Kier alpha value is -0.863. The van der Waals surface area contributed by atoms with Crippen LogP contribution in [0.15, 0.2) is 46.7 Å². The van der Waals surface area contributed by atoms with E-state index in [9.17, 15) is 5.11 Å². The van der Waals surface area contributed by atoms with E-state index in [4.69, 9.17) is 0 Å². The highest BCUT2D eigenvalue weighted by Crippen LogP contribution is 2.35. The van der Waals surface area contributed by atoms with Gasteiger partial charge in [-0.15, -0.1) is 0 Å². The van der Waals surface area contributed by atoms with Crippen LogP contribution >= 0.6 is 0 Å². The largest absolute Gasteiger partial charge is 0.397 e. The lowest BCUT2D eigenvalue weighted by Gasteiger charge is -2.24. The van der Waals surface area contributed by atoms with Gasteiger partial charge in [0, 0.05) is 6.61 Å². The van der Waals surface area contributed by atoms with Gasteiger partial charge in [0.2, 0.25) is 0 Å². The summed E-state index contributed by atoms with van der Waals surface area (Å²) in [4.78, 5) is 0. The number of hydrogen-bond donors (Lipinski definition) is 1. The maximum atomic E-state index is 9.17. The minimum Gasteiger partial charge on any atom is -0.397 e. The molecular formula is C14H20OSi. The zero-order valence-corrected chi connectivity index (χ0v) is 11.2. The lowest BCUT2D eigenvalue weighted by atomic mass is 10.1. The summed E-state index contributed by atoms with van der Waals surface area (Å²) < 4.78 is 0. The van der Waals surface area contributed by atoms with Crippen LogP contribution in [0.2, 0.25) is 19.1 Å². The fourth-order valence-corrected chi connectivity index (χ4v) is 4.97. The van der Waals surface area contributed by atoms with E-state index in [0.29, 0.717) is 6.61 Å². The van der Waals surface area contributed by atoms with Crippen LogP contribution in [-0.4, -0.2) is 19.8 Å². The maximum absolute atomic E-state index is 9.17. The van der Waals surface area contributed by atoms with Crippen molar-refractivity contribution in [2.45, 2.75) is 32.0 Å². The number of aliphatic hydroxyl groups is 1. The van der Waals surface area contributed by atoms with Crippen molar-refractivity contribution in [3.05, 3.63) is 46.7 Å². The average molecular weight is 232 g/mol. The standard InChI is InChI=1S/C14H20OSi/c1-16(2,11-10-15)14-9-5-8-13(14)12-6-3-4-7-12/h3,5-7,9,15H,4,8,10-11H2,1-2H3. The summed E-state index contributed by atoms with van der Waals surface area (Å²) in [5.74, 6) is 0. The third kappa shape index (κ3) is 2.13. The summed E-state index contributed by atoms with van der Waals surface area (Å²) in [6, 6.07) is 0.965. The Bertz CT molecular complexity index is 397. The van der Waals surface area contributed by atoms with Crippen LogP contribution in [0.1, 0.15) is 12.8 Å². The van der Waals surface area contributed by atoms with Crippen molar-refractivity contribution >= 4 is 8.07 Å². The van der Waals surface area contributed by atoms with Crippen molar-refractivity contribution in [2.24, 2.45) is 0 Å². The Morgan fingerprint density at radius 2 is 2.06 bits per heavy atom. The molecule has 2 aliphatic carbocycles. The minimum atomic E-state index is -1.43. The summed E-state index contributed by atoms with van der Waals surface area (Å²) in [5.41, 5.74) is 2.93. The molecule has 1 nitrogen and oxygen atoms in total. The molecule has 2 aliphatic rings. The molecule has 2 rings (SSSR count). The van der Waals surface area contributed by atoms with E-state index in [1.807, 2.05) is 0 Å². The van der Waals surface area contributed by atoms with Gasteiger partial charge in [0.05, 0.1) is 8.07 Å². The van der Waals surface area contributed by atoms with Gasteiger partial charge in [0.1, 0.15) is 0 Å². The first-order chi connectivity index (χ1) is 7.65. The van der Waals surface area contributed by atoms with Gasteiger partial charge in [-0.05, 0) is 30.0 Å². The molecule has 0 saturated heterocycles. The van der Waals surface area contributed by atoms with Crippen molar-refractivity contribution in [3.8, 4) is 0 Å². The fourth-order valence-electron chi connectivity index (χ4n) is 2.51. The first-order valence-corrected chi connectivity index (χ1v) is 9.24. The Morgan fingerprint density at radius 3 is 2.69 bits per heavy atom. The molecule has 0 atom stereocenters. The van der Waals surface area contributed by atoms with Crippen LogP contribution in [0.4, 0.5) is 0 Å². The highest BCUT2D eigenvalue weighted by Gasteiger charge is 2.29. The van der Waals surface area contributed by atoms with Crippen LogP contribution < -0.4 is 0 Å². The van der Waals surface area contributed by atoms with Crippen LogP contribution in [0.5, 0.6) is 0 Å². The Kier molecular flexibility index (Phi) is 3.31. The molecule has 0 spiro atoms. The average Bonchev–Trinajstić information content (AvgIpc) is 2.88. The monoisotopic (exact) mass is 232 g/mol. The summed E-state index contributed by atoms with van der Waals surface area (Å²) in [5, 5.41) is 10.7. The normalized spacial score (nSPS) is 19.8. The second-order valence-corrected chi connectivity index (χ2v) is 9.96. The minimum absolute atomic E-state index is 0.318. The molecular weight excluding hydrogens is 212 g/mol. The van der Waals surface area contributed by atoms with Crippen LogP contribution in [0.3, 0.4) is 0 Å². The molecule has 0 amide bonds. The lowest BCUT2D eigenvalue weighted by Crippen LogP contribution is -2.29. The second-order valence-electron chi connectivity index (χ2n) is 5.15. The van der Waals surface area contributed by atoms with E-state index in [1.54, 1.807) is 5.20 Å². The Labute approximate surface area is 98.9 Å². The Morgan fingerprint density at radius 1 is 1.25 bits per heavy atom. The van der Waals surface area contributed by atoms with E-state index in [-0.39, 0.29) is 0 Å². The summed E-state index contributed by atoms with van der Waals surface area (Å²) in [6.45, 7) is 5.03. The quantitative estimate of drug-likeness (QED) is 0.737. The van der Waals surface area contributed by atoms with Gasteiger partial charge in [0.15, 0.2) is 0 Å². The summed E-state index contributed by atoms with van der Waals surface area (Å²) >= 11 is 0. The number of allylic oxidation sites excluding steroid dienone is 8. The molecule has 0 heterocycles. The third-order valence-electron chi connectivity index (χ3n) is 3.52. The zero-order valence-electron chi connectivity index (χ0n) is 10.2. The maximum Gasteiger partial charge on any atom is 0.0832 e. The first-order valence-electron chi connectivity index (χ1n) is 6.03. The Balaban J connectivity index is 2.32. The number of rotatable bonds is 4. The van der Waals surface area contributed by atoms with E-state index in [1.165, 1.54) is 11.1 Å². The predicted molar refractivity (Wildman–Crippen MR) is 72.0 cm³/mol. The van der Waals surface area contributed by atoms with Crippen LogP contribution in [0, 0.1) is 0 Å². The zero-order chi connectivity index (χ0) is 11.6. The van der Waals surface area contributed by atoms with E-state index < -0.39 is 8.07 Å². The third-order valence-corrected chi connectivity index (χ3v) is 6.92. The van der Waals surface area contributed by atoms with Gasteiger partial charge in [-0.1, -0.05) is 48.7 Å². The van der Waals surface area contributed by atoms with Crippen LogP contribution in [0.25, 0.3) is 0 Å². The van der Waals surface area contributed by atoms with E-state index >= 15 is 0 Å². The molecule has 0 aromatic carbocycles. The molecule has 0 radical (unpaired) electrons. The van der Waals surface area contributed by atoms with Crippen molar-refractivity contribution in [1.29, 1.82) is 0 Å². The molecule has 2 heteroatoms. The molecule has 1 N–H and O–H groups in total. The van der Waals surface area contributed by atoms with Gasteiger partial charge in [-0.25, -0.2) is 0 Å². The van der Waals surface area contributed by atoms with Crippen molar-refractivity contribution in [2.75, 3.05) is 6.61 Å². The second kappa shape index (κ2) is 4.56. The van der Waals surface area contributed by atoms with E-state index in [2.05, 4.69) is 43.5 Å². The van der Waals surface area contributed by atoms with Gasteiger partial charge < -0.3 is 5.11 Å². The van der Waals surface area contributed by atoms with E-state index in [0.717, 1.165) is 18.9 Å². The SMILES string of the molecule is C[Si](C)(CCO)C1=C(C2=CCC=C2)CC=C1. The summed E-state index contributed by atoms with van der Waals surface area (Å²) in [7, 11) is -1.43. The van der Waals surface area contributed by atoms with Crippen molar-refractivity contribution in [1.82, 2.24) is 0 Å². The molecule has 0 bridgehead atoms. The summed E-state index contributed by atoms with van der Waals surface area (Å²) in [6.07, 6.45) is 13.5. The number of hydrogen-bond acceptors (Lipinski definition) is 1. The molecule has 86 valence electrons. The van der Waals surface area contributed by atoms with Gasteiger partial charge in [-0.3, -0.25) is 0 Å². The van der Waals surface area contributed by atoms with Crippen molar-refractivity contribution < 1.29 is 5.11 Å². The van der Waals surface area contributed by atoms with Gasteiger partial charge in [0.25, 0.3) is 0 Å². The molecule has 0 aliphatic heterocycles. The number of aliphatic hydroxyl groups excluding tert-OH is 1.